The smallest absolute Gasteiger partial charge is 0.319 e. The van der Waals surface area contributed by atoms with Crippen LogP contribution in [0.25, 0.3) is 0 Å². The van der Waals surface area contributed by atoms with Gasteiger partial charge in [-0.15, -0.1) is 0 Å². The molecule has 1 aromatic carbocycles. The highest BCUT2D eigenvalue weighted by atomic mass is 35.5. The molecule has 24 heavy (non-hydrogen) atoms. The summed E-state index contributed by atoms with van der Waals surface area (Å²) in [5.74, 6) is 0.137. The molecule has 0 spiro atoms. The van der Waals surface area contributed by atoms with Crippen molar-refractivity contribution in [2.75, 3.05) is 5.32 Å². The van der Waals surface area contributed by atoms with E-state index in [2.05, 4.69) is 20.6 Å². The van der Waals surface area contributed by atoms with Crippen molar-refractivity contribution in [1.29, 1.82) is 0 Å². The van der Waals surface area contributed by atoms with E-state index in [1.54, 1.807) is 6.07 Å². The number of fused-ring (bicyclic) bond motifs is 1. The van der Waals surface area contributed by atoms with E-state index in [0.29, 0.717) is 23.4 Å². The molecule has 6 nitrogen and oxygen atoms in total. The lowest BCUT2D eigenvalue weighted by atomic mass is 10.0. The highest BCUT2D eigenvalue weighted by Gasteiger charge is 2.16. The highest BCUT2D eigenvalue weighted by molar-refractivity contribution is 6.30. The van der Waals surface area contributed by atoms with Gasteiger partial charge in [0.25, 0.3) is 0 Å². The number of benzene rings is 1. The molecular weight excluding hydrogens is 328 g/mol. The predicted molar refractivity (Wildman–Crippen MR) is 91.2 cm³/mol. The Bertz CT molecular complexity index is 779. The van der Waals surface area contributed by atoms with Gasteiger partial charge in [-0.05, 0) is 37.0 Å². The summed E-state index contributed by atoms with van der Waals surface area (Å²) in [6.45, 7) is 0.169. The second-order valence-corrected chi connectivity index (χ2v) is 5.96. The molecule has 2 aromatic rings. The van der Waals surface area contributed by atoms with Crippen LogP contribution in [-0.4, -0.2) is 21.8 Å². The lowest BCUT2D eigenvalue weighted by Gasteiger charge is -2.10. The number of ketones is 1. The van der Waals surface area contributed by atoms with Crippen LogP contribution in [-0.2, 0) is 13.0 Å². The van der Waals surface area contributed by atoms with Gasteiger partial charge in [-0.2, -0.15) is 0 Å². The number of hydrogen-bond acceptors (Lipinski definition) is 4. The van der Waals surface area contributed by atoms with E-state index in [9.17, 15) is 9.59 Å². The second-order valence-electron chi connectivity index (χ2n) is 5.60. The van der Waals surface area contributed by atoms with Crippen molar-refractivity contribution in [3.05, 3.63) is 52.6 Å². The van der Waals surface area contributed by atoms with Crippen molar-refractivity contribution >= 4 is 29.1 Å². The molecule has 124 valence electrons. The van der Waals surface area contributed by atoms with Gasteiger partial charge in [-0.1, -0.05) is 17.7 Å². The SMILES string of the molecule is O=C(NCc1nccnc1Cl)Nc1ccc2c(c1)C(=O)CCCC2. The standard InChI is InChI=1S/C17H17ClN4O2/c18-16-14(19-7-8-20-16)10-21-17(24)22-12-6-5-11-3-1-2-4-15(23)13(11)9-12/h5-9H,1-4,10H2,(H2,21,22,24). The minimum Gasteiger partial charge on any atom is -0.332 e. The Kier molecular flexibility index (Phi) is 5.05. The number of rotatable bonds is 3. The molecule has 0 unspecified atom stereocenters. The van der Waals surface area contributed by atoms with E-state index in [-0.39, 0.29) is 17.5 Å². The van der Waals surface area contributed by atoms with Crippen molar-refractivity contribution in [3.63, 3.8) is 0 Å². The van der Waals surface area contributed by atoms with Crippen LogP contribution in [0.3, 0.4) is 0 Å². The van der Waals surface area contributed by atoms with E-state index in [0.717, 1.165) is 24.8 Å². The molecule has 0 saturated carbocycles. The monoisotopic (exact) mass is 344 g/mol. The Morgan fingerprint density at radius 3 is 2.79 bits per heavy atom. The molecule has 2 N–H and O–H groups in total. The van der Waals surface area contributed by atoms with Crippen molar-refractivity contribution in [2.45, 2.75) is 32.2 Å². The summed E-state index contributed by atoms with van der Waals surface area (Å²) in [5, 5.41) is 5.66. The van der Waals surface area contributed by atoms with Gasteiger partial charge in [0.2, 0.25) is 0 Å². The molecule has 0 fully saturated rings. The Morgan fingerprint density at radius 1 is 1.17 bits per heavy atom. The van der Waals surface area contributed by atoms with Gasteiger partial charge in [-0.25, -0.2) is 9.78 Å². The molecule has 1 heterocycles. The Hall–Kier alpha value is -2.47. The number of carbonyl (C=O) groups is 2. The van der Waals surface area contributed by atoms with Gasteiger partial charge in [0, 0.05) is 30.1 Å². The van der Waals surface area contributed by atoms with Crippen LogP contribution in [0, 0.1) is 0 Å². The second kappa shape index (κ2) is 7.40. The first-order valence-electron chi connectivity index (χ1n) is 7.80. The van der Waals surface area contributed by atoms with Crippen molar-refractivity contribution in [3.8, 4) is 0 Å². The first-order valence-corrected chi connectivity index (χ1v) is 8.17. The average Bonchev–Trinajstić information content (AvgIpc) is 2.76. The molecule has 0 saturated heterocycles. The summed E-state index contributed by atoms with van der Waals surface area (Å²) in [4.78, 5) is 32.1. The third kappa shape index (κ3) is 3.89. The lowest BCUT2D eigenvalue weighted by Crippen LogP contribution is -2.28. The third-order valence-corrected chi connectivity index (χ3v) is 4.22. The zero-order chi connectivity index (χ0) is 16.9. The summed E-state index contributed by atoms with van der Waals surface area (Å²) in [6.07, 6.45) is 6.39. The molecule has 2 amide bonds. The van der Waals surface area contributed by atoms with Crippen LogP contribution in [0.2, 0.25) is 5.15 Å². The first-order chi connectivity index (χ1) is 11.6. The minimum atomic E-state index is -0.391. The number of amides is 2. The number of aromatic nitrogens is 2. The van der Waals surface area contributed by atoms with Crippen LogP contribution in [0.15, 0.2) is 30.6 Å². The number of halogens is 1. The van der Waals surface area contributed by atoms with Gasteiger partial charge < -0.3 is 10.6 Å². The number of Topliss-reactive ketones (excluding diaryl/α,β-unsaturated/α-hetero) is 1. The van der Waals surface area contributed by atoms with Gasteiger partial charge in [-0.3, -0.25) is 9.78 Å². The maximum Gasteiger partial charge on any atom is 0.319 e. The van der Waals surface area contributed by atoms with E-state index >= 15 is 0 Å². The molecule has 0 bridgehead atoms. The highest BCUT2D eigenvalue weighted by Crippen LogP contribution is 2.23. The number of aryl methyl sites for hydroxylation is 1. The molecule has 1 aromatic heterocycles. The summed E-state index contributed by atoms with van der Waals surface area (Å²) in [5.41, 5.74) is 2.84. The van der Waals surface area contributed by atoms with E-state index in [1.807, 2.05) is 12.1 Å². The summed E-state index contributed by atoms with van der Waals surface area (Å²) in [7, 11) is 0. The fourth-order valence-corrected chi connectivity index (χ4v) is 2.85. The molecule has 7 heteroatoms. The summed E-state index contributed by atoms with van der Waals surface area (Å²) >= 11 is 5.90. The number of urea groups is 1. The number of nitrogens with one attached hydrogen (secondary N) is 2. The van der Waals surface area contributed by atoms with E-state index in [4.69, 9.17) is 11.6 Å². The van der Waals surface area contributed by atoms with E-state index < -0.39 is 6.03 Å². The Labute approximate surface area is 144 Å². The van der Waals surface area contributed by atoms with Crippen LogP contribution < -0.4 is 10.6 Å². The van der Waals surface area contributed by atoms with Gasteiger partial charge in [0.05, 0.1) is 12.2 Å². The van der Waals surface area contributed by atoms with E-state index in [1.165, 1.54) is 12.4 Å². The van der Waals surface area contributed by atoms with Crippen LogP contribution in [0.5, 0.6) is 0 Å². The van der Waals surface area contributed by atoms with Crippen molar-refractivity contribution in [2.24, 2.45) is 0 Å². The molecule has 3 rings (SSSR count). The largest absolute Gasteiger partial charge is 0.332 e. The number of hydrogen-bond donors (Lipinski definition) is 2. The summed E-state index contributed by atoms with van der Waals surface area (Å²) in [6, 6.07) is 5.08. The number of anilines is 1. The first kappa shape index (κ1) is 16.4. The molecule has 1 aliphatic rings. The molecule has 0 atom stereocenters. The Balaban J connectivity index is 1.64. The third-order valence-electron chi connectivity index (χ3n) is 3.91. The molecule has 0 aliphatic heterocycles. The van der Waals surface area contributed by atoms with Gasteiger partial charge in [0.15, 0.2) is 10.9 Å². The predicted octanol–water partition coefficient (Wildman–Crippen LogP) is 3.36. The number of nitrogens with zero attached hydrogens (tertiary/aromatic N) is 2. The van der Waals surface area contributed by atoms with Crippen molar-refractivity contribution in [1.82, 2.24) is 15.3 Å². The fourth-order valence-electron chi connectivity index (χ4n) is 2.68. The maximum absolute atomic E-state index is 12.1. The molecule has 0 radical (unpaired) electrons. The van der Waals surface area contributed by atoms with Crippen LogP contribution in [0.4, 0.5) is 10.5 Å². The fraction of sp³-hybridized carbons (Fsp3) is 0.294. The average molecular weight is 345 g/mol. The maximum atomic E-state index is 12.1. The number of carbonyl (C=O) groups excluding carboxylic acids is 2. The quantitative estimate of drug-likeness (QED) is 0.836. The Morgan fingerprint density at radius 2 is 1.96 bits per heavy atom. The lowest BCUT2D eigenvalue weighted by molar-refractivity contribution is 0.0982. The summed E-state index contributed by atoms with van der Waals surface area (Å²) < 4.78 is 0. The van der Waals surface area contributed by atoms with Crippen molar-refractivity contribution < 1.29 is 9.59 Å². The minimum absolute atomic E-state index is 0.137. The van der Waals surface area contributed by atoms with Gasteiger partial charge in [0.1, 0.15) is 0 Å². The zero-order valence-electron chi connectivity index (χ0n) is 13.0. The zero-order valence-corrected chi connectivity index (χ0v) is 13.8. The van der Waals surface area contributed by atoms with Gasteiger partial charge >= 0.3 is 6.03 Å². The molecule has 1 aliphatic carbocycles. The van der Waals surface area contributed by atoms with Crippen LogP contribution in [0.1, 0.15) is 40.9 Å². The topological polar surface area (TPSA) is 84.0 Å². The normalized spacial score (nSPS) is 13.8. The molecular formula is C17H17ClN4O2. The van der Waals surface area contributed by atoms with Crippen LogP contribution >= 0.6 is 11.6 Å².